The van der Waals surface area contributed by atoms with E-state index in [4.69, 9.17) is 4.52 Å². The summed E-state index contributed by atoms with van der Waals surface area (Å²) < 4.78 is 5.33. The largest absolute Gasteiger partial charge is 0.360 e. The number of fused-ring (bicyclic) bond motifs is 1. The van der Waals surface area contributed by atoms with Crippen LogP contribution in [0.15, 0.2) is 22.7 Å². The number of aromatic nitrogens is 1. The van der Waals surface area contributed by atoms with E-state index in [1.54, 1.807) is 0 Å². The lowest BCUT2D eigenvalue weighted by Crippen LogP contribution is -2.18. The number of nitrogens with zero attached hydrogens (tertiary/aromatic N) is 1. The van der Waals surface area contributed by atoms with Gasteiger partial charge in [-0.15, -0.1) is 0 Å². The van der Waals surface area contributed by atoms with Gasteiger partial charge in [0.2, 0.25) is 0 Å². The maximum atomic E-state index is 12.4. The third-order valence-electron chi connectivity index (χ3n) is 3.98. The number of rotatable bonds is 2. The Labute approximate surface area is 124 Å². The summed E-state index contributed by atoms with van der Waals surface area (Å²) in [5.74, 6) is 1.27. The van der Waals surface area contributed by atoms with E-state index in [1.807, 2.05) is 26.0 Å². The summed E-state index contributed by atoms with van der Waals surface area (Å²) in [5, 5.41) is 6.92. The molecule has 4 heteroatoms. The number of carbonyl (C=O) groups excluding carboxylic acids is 1. The van der Waals surface area contributed by atoms with Crippen molar-refractivity contribution in [1.82, 2.24) is 5.16 Å². The number of aryl methyl sites for hydroxylation is 3. The number of nitrogens with one attached hydrogen (secondary N) is 1. The Balaban J connectivity index is 1.84. The van der Waals surface area contributed by atoms with Crippen molar-refractivity contribution in [3.05, 3.63) is 46.3 Å². The molecule has 110 valence electrons. The summed E-state index contributed by atoms with van der Waals surface area (Å²) in [5.41, 5.74) is 4.48. The van der Waals surface area contributed by atoms with Gasteiger partial charge in [-0.25, -0.2) is 0 Å². The van der Waals surface area contributed by atoms with Crippen molar-refractivity contribution in [2.45, 2.75) is 40.0 Å². The molecule has 4 nitrogen and oxygen atoms in total. The number of benzene rings is 1. The fourth-order valence-electron chi connectivity index (χ4n) is 2.99. The molecule has 0 unspecified atom stereocenters. The summed E-state index contributed by atoms with van der Waals surface area (Å²) in [6.07, 6.45) is 2.84. The lowest BCUT2D eigenvalue weighted by Gasteiger charge is -2.16. The van der Waals surface area contributed by atoms with E-state index in [1.165, 1.54) is 0 Å². The molecule has 1 N–H and O–H groups in total. The Kier molecular flexibility index (Phi) is 3.53. The molecule has 0 saturated carbocycles. The van der Waals surface area contributed by atoms with Crippen LogP contribution in [-0.4, -0.2) is 11.1 Å². The molecule has 1 aromatic carbocycles. The molecule has 1 heterocycles. The fraction of sp³-hybridized carbons (Fsp3) is 0.412. The molecule has 2 aromatic rings. The van der Waals surface area contributed by atoms with Crippen LogP contribution in [0.5, 0.6) is 0 Å². The molecule has 0 bridgehead atoms. The average Bonchev–Trinajstić information content (AvgIpc) is 2.80. The molecule has 0 fully saturated rings. The molecule has 3 rings (SSSR count). The second-order valence-electron chi connectivity index (χ2n) is 6.11. The lowest BCUT2D eigenvalue weighted by molar-refractivity contribution is 0.101. The first-order valence-electron chi connectivity index (χ1n) is 7.40. The Morgan fingerprint density at radius 1 is 1.29 bits per heavy atom. The van der Waals surface area contributed by atoms with Crippen LogP contribution in [0.25, 0.3) is 0 Å². The van der Waals surface area contributed by atoms with Gasteiger partial charge in [0, 0.05) is 17.7 Å². The third-order valence-corrected chi connectivity index (χ3v) is 3.98. The number of hydrogen-bond donors (Lipinski definition) is 1. The molecule has 1 amide bonds. The standard InChI is InChI=1S/C17H20N2O2/c1-10-4-5-15-14(9-10)16(19-21-15)17(20)18-13-7-11(2)6-12(3)8-13/h6-8,10H,4-5,9H2,1-3H3,(H,18,20)/t10-/m0/s1. The second-order valence-corrected chi connectivity index (χ2v) is 6.11. The SMILES string of the molecule is Cc1cc(C)cc(NC(=O)c2noc3c2C[C@@H](C)CC3)c1. The summed E-state index contributed by atoms with van der Waals surface area (Å²) in [6.45, 7) is 6.23. The van der Waals surface area contributed by atoms with Crippen LogP contribution in [0.1, 0.15) is 46.3 Å². The zero-order valence-corrected chi connectivity index (χ0v) is 12.7. The van der Waals surface area contributed by atoms with Gasteiger partial charge in [0.15, 0.2) is 5.69 Å². The molecular formula is C17H20N2O2. The number of hydrogen-bond acceptors (Lipinski definition) is 3. The van der Waals surface area contributed by atoms with E-state index in [0.29, 0.717) is 11.6 Å². The van der Waals surface area contributed by atoms with Crippen LogP contribution >= 0.6 is 0 Å². The number of anilines is 1. The molecule has 21 heavy (non-hydrogen) atoms. The van der Waals surface area contributed by atoms with Gasteiger partial charge in [-0.1, -0.05) is 18.1 Å². The van der Waals surface area contributed by atoms with Crippen molar-refractivity contribution in [1.29, 1.82) is 0 Å². The molecule has 0 saturated heterocycles. The van der Waals surface area contributed by atoms with Gasteiger partial charge < -0.3 is 9.84 Å². The van der Waals surface area contributed by atoms with Crippen LogP contribution in [-0.2, 0) is 12.8 Å². The normalized spacial score (nSPS) is 17.4. The van der Waals surface area contributed by atoms with E-state index >= 15 is 0 Å². The van der Waals surface area contributed by atoms with Crippen molar-refractivity contribution in [3.8, 4) is 0 Å². The topological polar surface area (TPSA) is 55.1 Å². The first kappa shape index (κ1) is 13.9. The molecular weight excluding hydrogens is 264 g/mol. The summed E-state index contributed by atoms with van der Waals surface area (Å²) >= 11 is 0. The van der Waals surface area contributed by atoms with Gasteiger partial charge in [-0.3, -0.25) is 4.79 Å². The zero-order chi connectivity index (χ0) is 15.0. The Morgan fingerprint density at radius 3 is 2.71 bits per heavy atom. The smallest absolute Gasteiger partial charge is 0.278 e. The lowest BCUT2D eigenvalue weighted by atomic mass is 9.88. The summed E-state index contributed by atoms with van der Waals surface area (Å²) in [7, 11) is 0. The van der Waals surface area contributed by atoms with Crippen molar-refractivity contribution >= 4 is 11.6 Å². The van der Waals surface area contributed by atoms with Gasteiger partial charge in [0.05, 0.1) is 0 Å². The highest BCUT2D eigenvalue weighted by Crippen LogP contribution is 2.28. The zero-order valence-electron chi connectivity index (χ0n) is 12.7. The predicted molar refractivity (Wildman–Crippen MR) is 81.6 cm³/mol. The van der Waals surface area contributed by atoms with E-state index in [2.05, 4.69) is 23.5 Å². The highest BCUT2D eigenvalue weighted by molar-refractivity contribution is 6.04. The minimum Gasteiger partial charge on any atom is -0.360 e. The molecule has 0 aliphatic heterocycles. The first-order valence-corrected chi connectivity index (χ1v) is 7.40. The van der Waals surface area contributed by atoms with E-state index in [9.17, 15) is 4.79 Å². The van der Waals surface area contributed by atoms with Crippen LogP contribution in [0.4, 0.5) is 5.69 Å². The highest BCUT2D eigenvalue weighted by atomic mass is 16.5. The Hall–Kier alpha value is -2.10. The molecule has 1 aromatic heterocycles. The monoisotopic (exact) mass is 284 g/mol. The minimum absolute atomic E-state index is 0.181. The fourth-order valence-corrected chi connectivity index (χ4v) is 2.99. The Bertz CT molecular complexity index is 668. The minimum atomic E-state index is -0.181. The van der Waals surface area contributed by atoms with Crippen LogP contribution in [0.3, 0.4) is 0 Å². The molecule has 0 radical (unpaired) electrons. The van der Waals surface area contributed by atoms with Gasteiger partial charge >= 0.3 is 0 Å². The molecule has 0 spiro atoms. The first-order chi connectivity index (χ1) is 10.0. The molecule has 1 aliphatic carbocycles. The second kappa shape index (κ2) is 5.35. The molecule has 1 aliphatic rings. The predicted octanol–water partition coefficient (Wildman–Crippen LogP) is 3.67. The van der Waals surface area contributed by atoms with Gasteiger partial charge in [-0.2, -0.15) is 0 Å². The van der Waals surface area contributed by atoms with E-state index < -0.39 is 0 Å². The van der Waals surface area contributed by atoms with E-state index in [0.717, 1.165) is 47.4 Å². The number of amides is 1. The quantitative estimate of drug-likeness (QED) is 0.915. The van der Waals surface area contributed by atoms with Crippen LogP contribution in [0, 0.1) is 19.8 Å². The average molecular weight is 284 g/mol. The van der Waals surface area contributed by atoms with Gasteiger partial charge in [0.25, 0.3) is 5.91 Å². The maximum Gasteiger partial charge on any atom is 0.278 e. The van der Waals surface area contributed by atoms with Crippen molar-refractivity contribution in [2.75, 3.05) is 5.32 Å². The summed E-state index contributed by atoms with van der Waals surface area (Å²) in [6, 6.07) is 6.00. The van der Waals surface area contributed by atoms with Crippen LogP contribution in [0.2, 0.25) is 0 Å². The number of carbonyl (C=O) groups is 1. The maximum absolute atomic E-state index is 12.4. The van der Waals surface area contributed by atoms with Crippen molar-refractivity contribution < 1.29 is 9.32 Å². The van der Waals surface area contributed by atoms with Crippen molar-refractivity contribution in [2.24, 2.45) is 5.92 Å². The van der Waals surface area contributed by atoms with Gasteiger partial charge in [0.1, 0.15) is 5.76 Å². The van der Waals surface area contributed by atoms with E-state index in [-0.39, 0.29) is 5.91 Å². The third kappa shape index (κ3) is 2.84. The van der Waals surface area contributed by atoms with Gasteiger partial charge in [-0.05, 0) is 55.9 Å². The van der Waals surface area contributed by atoms with Crippen molar-refractivity contribution in [3.63, 3.8) is 0 Å². The molecule has 1 atom stereocenters. The van der Waals surface area contributed by atoms with Crippen LogP contribution < -0.4 is 5.32 Å². The summed E-state index contributed by atoms with van der Waals surface area (Å²) in [4.78, 5) is 12.4. The Morgan fingerprint density at radius 2 is 2.00 bits per heavy atom. The highest BCUT2D eigenvalue weighted by Gasteiger charge is 2.26.